The average molecular weight is 625 g/mol. The zero-order valence-electron chi connectivity index (χ0n) is 21.8. The number of thioether (sulfide) groups is 1. The molecular weight excluding hydrogens is 601 g/mol. The number of aliphatic carboxylic acids is 1. The number of aryl methyl sites for hydroxylation is 1. The lowest BCUT2D eigenvalue weighted by Crippen LogP contribution is -2.17. The lowest BCUT2D eigenvalue weighted by molar-refractivity contribution is -0.137. The summed E-state index contributed by atoms with van der Waals surface area (Å²) in [5.41, 5.74) is 1.91. The summed E-state index contributed by atoms with van der Waals surface area (Å²) < 4.78 is 53.7. The number of benzene rings is 2. The number of fused-ring (bicyclic) bond motifs is 3. The number of aromatic nitrogens is 4. The maximum absolute atomic E-state index is 13.6. The van der Waals surface area contributed by atoms with Crippen LogP contribution in [0.1, 0.15) is 49.6 Å². The van der Waals surface area contributed by atoms with Crippen LogP contribution in [-0.4, -0.2) is 51.2 Å². The van der Waals surface area contributed by atoms with Gasteiger partial charge >= 0.3 is 12.1 Å². The van der Waals surface area contributed by atoms with Gasteiger partial charge in [0.15, 0.2) is 17.3 Å². The largest absolute Gasteiger partial charge is 0.493 e. The predicted molar refractivity (Wildman–Crippen MR) is 150 cm³/mol. The Hall–Kier alpha value is -3.29. The highest BCUT2D eigenvalue weighted by atomic mass is 35.5. The summed E-state index contributed by atoms with van der Waals surface area (Å²) in [6, 6.07) is 10.5. The molecule has 0 saturated heterocycles. The third-order valence-corrected chi connectivity index (χ3v) is 9.28. The van der Waals surface area contributed by atoms with Crippen molar-refractivity contribution in [2.45, 2.75) is 42.4 Å². The van der Waals surface area contributed by atoms with Crippen LogP contribution >= 0.6 is 34.7 Å². The lowest BCUT2D eigenvalue weighted by Gasteiger charge is -2.23. The molecule has 0 saturated carbocycles. The van der Waals surface area contributed by atoms with Crippen LogP contribution in [0.25, 0.3) is 5.69 Å². The van der Waals surface area contributed by atoms with E-state index in [0.717, 1.165) is 10.4 Å². The molecule has 0 amide bonds. The summed E-state index contributed by atoms with van der Waals surface area (Å²) in [5, 5.41) is 17.5. The Balaban J connectivity index is 1.67. The van der Waals surface area contributed by atoms with Gasteiger partial charge in [-0.1, -0.05) is 23.7 Å². The molecule has 0 bridgehead atoms. The van der Waals surface area contributed by atoms with Crippen molar-refractivity contribution >= 4 is 40.7 Å². The van der Waals surface area contributed by atoms with E-state index < -0.39 is 29.1 Å². The van der Waals surface area contributed by atoms with Crippen molar-refractivity contribution in [2.24, 2.45) is 0 Å². The van der Waals surface area contributed by atoms with Crippen LogP contribution in [0.15, 0.2) is 42.6 Å². The summed E-state index contributed by atoms with van der Waals surface area (Å²) >= 11 is 9.30. The number of ether oxygens (including phenoxy) is 2. The molecule has 1 aliphatic heterocycles. The van der Waals surface area contributed by atoms with Crippen molar-refractivity contribution in [2.75, 3.05) is 14.2 Å². The third kappa shape index (κ3) is 6.31. The minimum atomic E-state index is -4.50. The zero-order valence-corrected chi connectivity index (χ0v) is 24.2. The Morgan fingerprint density at radius 2 is 1.95 bits per heavy atom. The molecule has 8 nitrogen and oxygen atoms in total. The van der Waals surface area contributed by atoms with Crippen molar-refractivity contribution in [1.29, 1.82) is 0 Å². The third-order valence-electron chi connectivity index (χ3n) is 6.48. The van der Waals surface area contributed by atoms with Gasteiger partial charge in [-0.15, -0.1) is 33.3 Å². The molecule has 2 aromatic carbocycles. The van der Waals surface area contributed by atoms with E-state index in [1.54, 1.807) is 30.5 Å². The van der Waals surface area contributed by atoms with Crippen LogP contribution in [0.2, 0.25) is 5.02 Å². The fraction of sp³-hybridized carbons (Fsp3) is 0.333. The fourth-order valence-corrected chi connectivity index (χ4v) is 7.56. The van der Waals surface area contributed by atoms with Gasteiger partial charge in [0.2, 0.25) is 0 Å². The van der Waals surface area contributed by atoms with E-state index >= 15 is 0 Å². The summed E-state index contributed by atoms with van der Waals surface area (Å²) in [6.07, 6.45) is -3.48. The van der Waals surface area contributed by atoms with Crippen LogP contribution in [0.5, 0.6) is 11.5 Å². The molecule has 0 fully saturated rings. The number of nitrogens with zero attached hydrogens (tertiary/aromatic N) is 4. The number of carboxylic acids is 1. The van der Waals surface area contributed by atoms with E-state index in [1.165, 1.54) is 41.9 Å². The molecule has 4 aromatic rings. The summed E-state index contributed by atoms with van der Waals surface area (Å²) in [5.74, 6) is 0.215. The number of carboxylic acid groups (broad SMARTS) is 1. The highest BCUT2D eigenvalue weighted by molar-refractivity contribution is 8.00. The van der Waals surface area contributed by atoms with Gasteiger partial charge in [-0.3, -0.25) is 9.36 Å². The molecule has 0 spiro atoms. The topological polar surface area (TPSA) is 99.4 Å². The standard InChI is InChI=1S/C27H24ClF3N4O4S2/c1-38-19-5-3-4-16(24(19)39-2)25-17-10-14(28)6-8-18(17)35-21(12-27(29,30)31)33-34-26(35)20(41-25)11-22-32-13-15(40-22)7-9-23(36)37/h3-6,8,10,13,20,25H,7,9,11-12H2,1-2H3,(H,36,37)/t20-,25-/m1/s1. The second-order valence-corrected chi connectivity index (χ2v) is 12.2. The number of carbonyl (C=O) groups is 1. The Kier molecular flexibility index (Phi) is 8.48. The van der Waals surface area contributed by atoms with E-state index in [0.29, 0.717) is 51.4 Å². The number of halogens is 4. The highest BCUT2D eigenvalue weighted by Gasteiger charge is 2.38. The lowest BCUT2D eigenvalue weighted by atomic mass is 10.0. The molecular formula is C27H24ClF3N4O4S2. The van der Waals surface area contributed by atoms with Crippen molar-refractivity contribution < 1.29 is 32.5 Å². The van der Waals surface area contributed by atoms with Crippen molar-refractivity contribution in [1.82, 2.24) is 19.7 Å². The molecule has 3 heterocycles. The van der Waals surface area contributed by atoms with Gasteiger partial charge in [0, 0.05) is 28.1 Å². The van der Waals surface area contributed by atoms with Crippen LogP contribution < -0.4 is 9.47 Å². The highest BCUT2D eigenvalue weighted by Crippen LogP contribution is 2.54. The molecule has 41 heavy (non-hydrogen) atoms. The molecule has 0 unspecified atom stereocenters. The molecule has 2 atom stereocenters. The minimum absolute atomic E-state index is 0.0251. The number of methoxy groups -OCH3 is 2. The van der Waals surface area contributed by atoms with Crippen LogP contribution in [-0.2, 0) is 24.1 Å². The molecule has 0 aliphatic carbocycles. The summed E-state index contributed by atoms with van der Waals surface area (Å²) in [4.78, 5) is 16.3. The summed E-state index contributed by atoms with van der Waals surface area (Å²) in [6.45, 7) is 0. The molecule has 14 heteroatoms. The molecule has 5 rings (SSSR count). The van der Waals surface area contributed by atoms with Crippen molar-refractivity contribution in [3.63, 3.8) is 0 Å². The van der Waals surface area contributed by atoms with Crippen LogP contribution in [0.4, 0.5) is 13.2 Å². The van der Waals surface area contributed by atoms with Crippen LogP contribution in [0.3, 0.4) is 0 Å². The van der Waals surface area contributed by atoms with Crippen molar-refractivity contribution in [3.8, 4) is 17.2 Å². The first-order chi connectivity index (χ1) is 19.6. The monoisotopic (exact) mass is 624 g/mol. The van der Waals surface area contributed by atoms with Gasteiger partial charge in [0.25, 0.3) is 0 Å². The summed E-state index contributed by atoms with van der Waals surface area (Å²) in [7, 11) is 3.06. The maximum atomic E-state index is 13.6. The van der Waals surface area contributed by atoms with Gasteiger partial charge < -0.3 is 14.6 Å². The van der Waals surface area contributed by atoms with Gasteiger partial charge in [-0.05, 0) is 36.2 Å². The average Bonchev–Trinajstić information content (AvgIpc) is 3.52. The van der Waals surface area contributed by atoms with E-state index in [4.69, 9.17) is 26.2 Å². The Morgan fingerprint density at radius 1 is 1.15 bits per heavy atom. The SMILES string of the molecule is COc1cccc([C@H]2S[C@H](Cc3ncc(CCC(=O)O)s3)c3nnc(CC(F)(F)F)n3-c3ccc(Cl)cc32)c1OC. The van der Waals surface area contributed by atoms with Crippen LogP contribution in [0, 0.1) is 0 Å². The zero-order chi connectivity index (χ0) is 29.3. The second kappa shape index (κ2) is 11.9. The minimum Gasteiger partial charge on any atom is -0.493 e. The fourth-order valence-electron chi connectivity index (χ4n) is 4.78. The first kappa shape index (κ1) is 29.2. The van der Waals surface area contributed by atoms with Gasteiger partial charge in [-0.25, -0.2) is 4.98 Å². The predicted octanol–water partition coefficient (Wildman–Crippen LogP) is 6.64. The number of alkyl halides is 3. The quantitative estimate of drug-likeness (QED) is 0.221. The first-order valence-electron chi connectivity index (χ1n) is 12.4. The molecule has 1 aliphatic rings. The molecule has 216 valence electrons. The Labute approximate surface area is 246 Å². The molecule has 2 aromatic heterocycles. The smallest absolute Gasteiger partial charge is 0.396 e. The second-order valence-electron chi connectivity index (χ2n) is 9.21. The first-order valence-corrected chi connectivity index (χ1v) is 14.5. The van der Waals surface area contributed by atoms with E-state index in [2.05, 4.69) is 15.2 Å². The van der Waals surface area contributed by atoms with E-state index in [1.807, 2.05) is 12.1 Å². The van der Waals surface area contributed by atoms with E-state index in [-0.39, 0.29) is 12.2 Å². The maximum Gasteiger partial charge on any atom is 0.396 e. The number of hydrogen-bond donors (Lipinski definition) is 1. The Bertz CT molecular complexity index is 1580. The number of rotatable bonds is 9. The number of thiazole rings is 1. The molecule has 1 N–H and O–H groups in total. The van der Waals surface area contributed by atoms with Gasteiger partial charge in [0.1, 0.15) is 12.2 Å². The molecule has 0 radical (unpaired) electrons. The normalized spacial score (nSPS) is 16.5. The van der Waals surface area contributed by atoms with E-state index in [9.17, 15) is 18.0 Å². The van der Waals surface area contributed by atoms with Gasteiger partial charge in [-0.2, -0.15) is 13.2 Å². The Morgan fingerprint density at radius 3 is 2.66 bits per heavy atom. The van der Waals surface area contributed by atoms with Crippen molar-refractivity contribution in [3.05, 3.63) is 80.3 Å². The van der Waals surface area contributed by atoms with Gasteiger partial charge in [0.05, 0.1) is 41.8 Å². The number of para-hydroxylation sites is 1. The number of hydrogen-bond acceptors (Lipinski definition) is 8.